The number of aliphatic hydroxyl groups excluding tert-OH is 1. The molecule has 0 radical (unpaired) electrons. The van der Waals surface area contributed by atoms with Crippen molar-refractivity contribution < 1.29 is 24.2 Å². The Morgan fingerprint density at radius 3 is 2.62 bits per heavy atom. The molecule has 1 atom stereocenters. The summed E-state index contributed by atoms with van der Waals surface area (Å²) in [6.45, 7) is 0. The van der Waals surface area contributed by atoms with Crippen molar-refractivity contribution in [2.75, 3.05) is 0 Å². The van der Waals surface area contributed by atoms with Gasteiger partial charge < -0.3 is 10.2 Å². The van der Waals surface area contributed by atoms with E-state index in [1.807, 2.05) is 0 Å². The molecule has 0 amide bonds. The summed E-state index contributed by atoms with van der Waals surface area (Å²) in [5.41, 5.74) is -0.929. The minimum absolute atomic E-state index is 0.167. The Balaban J connectivity index is 3.38. The lowest BCUT2D eigenvalue weighted by Crippen LogP contribution is -2.13. The predicted molar refractivity (Wildman–Crippen MR) is 49.1 cm³/mol. The van der Waals surface area contributed by atoms with Crippen LogP contribution in [0.4, 0.5) is 4.39 Å². The van der Waals surface area contributed by atoms with Gasteiger partial charge in [-0.25, -0.2) is 9.18 Å². The number of benzene rings is 1. The highest BCUT2D eigenvalue weighted by atomic mass is 19.1. The van der Waals surface area contributed by atoms with E-state index in [2.05, 4.69) is 0 Å². The van der Waals surface area contributed by atoms with E-state index in [9.17, 15) is 14.0 Å². The molecule has 0 fully saturated rings. The average molecular weight is 223 g/mol. The standard InChI is InChI=1S/C10H6FNO4/c11-8-2-5(3-12)6(4-13)1-7(8)9(14)10(15)16/h1-2,4,9,14H,(H,15,16). The van der Waals surface area contributed by atoms with Crippen molar-refractivity contribution in [3.8, 4) is 6.07 Å². The number of halogens is 1. The van der Waals surface area contributed by atoms with E-state index in [4.69, 9.17) is 15.5 Å². The fourth-order valence-corrected chi connectivity index (χ4v) is 1.14. The number of hydrogen-bond donors (Lipinski definition) is 2. The summed E-state index contributed by atoms with van der Waals surface area (Å²) in [4.78, 5) is 21.0. The maximum atomic E-state index is 13.3. The first-order valence-electron chi connectivity index (χ1n) is 4.10. The number of aliphatic carboxylic acids is 1. The van der Waals surface area contributed by atoms with Crippen LogP contribution in [0.3, 0.4) is 0 Å². The van der Waals surface area contributed by atoms with Crippen LogP contribution in [0.15, 0.2) is 12.1 Å². The molecular weight excluding hydrogens is 217 g/mol. The molecule has 1 unspecified atom stereocenters. The van der Waals surface area contributed by atoms with Gasteiger partial charge in [-0.3, -0.25) is 4.79 Å². The van der Waals surface area contributed by atoms with E-state index < -0.39 is 23.5 Å². The van der Waals surface area contributed by atoms with Gasteiger partial charge in [-0.2, -0.15) is 5.26 Å². The molecule has 0 aliphatic heterocycles. The van der Waals surface area contributed by atoms with Crippen molar-refractivity contribution in [1.29, 1.82) is 5.26 Å². The predicted octanol–water partition coefficient (Wildman–Crippen LogP) is 0.628. The van der Waals surface area contributed by atoms with Crippen molar-refractivity contribution in [2.45, 2.75) is 6.10 Å². The molecular formula is C10H6FNO4. The Kier molecular flexibility index (Phi) is 3.33. The lowest BCUT2D eigenvalue weighted by Gasteiger charge is -2.08. The molecule has 0 heterocycles. The number of nitriles is 1. The molecule has 0 spiro atoms. The summed E-state index contributed by atoms with van der Waals surface area (Å²) in [5.74, 6) is -2.68. The number of hydrogen-bond acceptors (Lipinski definition) is 4. The SMILES string of the molecule is N#Cc1cc(F)c(C(O)C(=O)O)cc1C=O. The zero-order valence-electron chi connectivity index (χ0n) is 7.85. The van der Waals surface area contributed by atoms with E-state index in [0.29, 0.717) is 6.07 Å². The highest BCUT2D eigenvalue weighted by Gasteiger charge is 2.21. The van der Waals surface area contributed by atoms with Crippen molar-refractivity contribution in [3.63, 3.8) is 0 Å². The first-order chi connectivity index (χ1) is 7.51. The Morgan fingerprint density at radius 1 is 1.56 bits per heavy atom. The van der Waals surface area contributed by atoms with E-state index >= 15 is 0 Å². The van der Waals surface area contributed by atoms with Gasteiger partial charge in [0.25, 0.3) is 0 Å². The van der Waals surface area contributed by atoms with E-state index in [-0.39, 0.29) is 17.4 Å². The summed E-state index contributed by atoms with van der Waals surface area (Å²) in [6, 6.07) is 3.14. The molecule has 82 valence electrons. The number of rotatable bonds is 3. The molecule has 0 aromatic heterocycles. The van der Waals surface area contributed by atoms with Crippen LogP contribution in [-0.4, -0.2) is 22.5 Å². The maximum absolute atomic E-state index is 13.3. The lowest BCUT2D eigenvalue weighted by atomic mass is 10.0. The summed E-state index contributed by atoms with van der Waals surface area (Å²) >= 11 is 0. The quantitative estimate of drug-likeness (QED) is 0.732. The first kappa shape index (κ1) is 11.8. The van der Waals surface area contributed by atoms with Crippen LogP contribution in [0, 0.1) is 17.1 Å². The number of carbonyl (C=O) groups excluding carboxylic acids is 1. The van der Waals surface area contributed by atoms with Gasteiger partial charge in [0.2, 0.25) is 0 Å². The monoisotopic (exact) mass is 223 g/mol. The van der Waals surface area contributed by atoms with Crippen molar-refractivity contribution >= 4 is 12.3 Å². The third-order valence-electron chi connectivity index (χ3n) is 1.94. The fraction of sp³-hybridized carbons (Fsp3) is 0.100. The smallest absolute Gasteiger partial charge is 0.337 e. The van der Waals surface area contributed by atoms with Crippen LogP contribution in [0.1, 0.15) is 27.6 Å². The number of aliphatic hydroxyl groups is 1. The van der Waals surface area contributed by atoms with Crippen LogP contribution in [0.25, 0.3) is 0 Å². The highest BCUT2D eigenvalue weighted by Crippen LogP contribution is 2.21. The molecule has 0 aliphatic carbocycles. The number of carboxylic acids is 1. The molecule has 2 N–H and O–H groups in total. The second kappa shape index (κ2) is 4.51. The molecule has 0 saturated carbocycles. The van der Waals surface area contributed by atoms with Gasteiger partial charge in [0.05, 0.1) is 11.6 Å². The summed E-state index contributed by atoms with van der Waals surface area (Å²) < 4.78 is 13.3. The second-order valence-corrected chi connectivity index (χ2v) is 2.93. The Labute approximate surface area is 89.4 Å². The molecule has 1 rings (SSSR count). The second-order valence-electron chi connectivity index (χ2n) is 2.93. The molecule has 1 aromatic carbocycles. The van der Waals surface area contributed by atoms with Crippen molar-refractivity contribution in [1.82, 2.24) is 0 Å². The Hall–Kier alpha value is -2.26. The van der Waals surface area contributed by atoms with Gasteiger partial charge in [0, 0.05) is 11.1 Å². The third kappa shape index (κ3) is 2.04. The Morgan fingerprint density at radius 2 is 2.19 bits per heavy atom. The van der Waals surface area contributed by atoms with Crippen LogP contribution in [0.2, 0.25) is 0 Å². The molecule has 0 bridgehead atoms. The molecule has 5 nitrogen and oxygen atoms in total. The van der Waals surface area contributed by atoms with Gasteiger partial charge in [0.15, 0.2) is 12.4 Å². The zero-order chi connectivity index (χ0) is 12.3. The highest BCUT2D eigenvalue weighted by molar-refractivity contribution is 5.81. The van der Waals surface area contributed by atoms with Gasteiger partial charge in [-0.05, 0) is 12.1 Å². The van der Waals surface area contributed by atoms with Crippen molar-refractivity contribution in [2.24, 2.45) is 0 Å². The number of carbonyl (C=O) groups is 2. The van der Waals surface area contributed by atoms with Gasteiger partial charge >= 0.3 is 5.97 Å². The van der Waals surface area contributed by atoms with E-state index in [1.165, 1.54) is 0 Å². The summed E-state index contributed by atoms with van der Waals surface area (Å²) in [5, 5.41) is 26.2. The normalized spacial score (nSPS) is 11.6. The number of aldehydes is 1. The van der Waals surface area contributed by atoms with Crippen LogP contribution >= 0.6 is 0 Å². The van der Waals surface area contributed by atoms with Crippen LogP contribution < -0.4 is 0 Å². The van der Waals surface area contributed by atoms with E-state index in [1.54, 1.807) is 6.07 Å². The van der Waals surface area contributed by atoms with Crippen molar-refractivity contribution in [3.05, 3.63) is 34.6 Å². The fourth-order valence-electron chi connectivity index (χ4n) is 1.14. The van der Waals surface area contributed by atoms with E-state index in [0.717, 1.165) is 6.07 Å². The molecule has 0 aliphatic rings. The van der Waals surface area contributed by atoms with Crippen LogP contribution in [-0.2, 0) is 4.79 Å². The molecule has 16 heavy (non-hydrogen) atoms. The topological polar surface area (TPSA) is 98.4 Å². The molecule has 1 aromatic rings. The minimum Gasteiger partial charge on any atom is -0.479 e. The van der Waals surface area contributed by atoms with Gasteiger partial charge in [-0.15, -0.1) is 0 Å². The first-order valence-corrected chi connectivity index (χ1v) is 4.10. The number of carboxylic acid groups (broad SMARTS) is 1. The summed E-state index contributed by atoms with van der Waals surface area (Å²) in [7, 11) is 0. The van der Waals surface area contributed by atoms with Gasteiger partial charge in [-0.1, -0.05) is 0 Å². The maximum Gasteiger partial charge on any atom is 0.337 e. The summed E-state index contributed by atoms with van der Waals surface area (Å²) in [6.07, 6.45) is -1.78. The lowest BCUT2D eigenvalue weighted by molar-refractivity contribution is -0.147. The Bertz CT molecular complexity index is 492. The minimum atomic E-state index is -2.06. The zero-order valence-corrected chi connectivity index (χ0v) is 7.85. The van der Waals surface area contributed by atoms with Gasteiger partial charge in [0.1, 0.15) is 5.82 Å². The average Bonchev–Trinajstić information content (AvgIpc) is 2.27. The largest absolute Gasteiger partial charge is 0.479 e. The molecule has 6 heteroatoms. The molecule has 0 saturated heterocycles. The number of nitrogens with zero attached hydrogens (tertiary/aromatic N) is 1. The third-order valence-corrected chi connectivity index (χ3v) is 1.94. The van der Waals surface area contributed by atoms with Crippen LogP contribution in [0.5, 0.6) is 0 Å².